The van der Waals surface area contributed by atoms with E-state index in [1.807, 2.05) is 12.1 Å². The molecule has 3 N–H and O–H groups in total. The van der Waals surface area contributed by atoms with Gasteiger partial charge in [0.25, 0.3) is 0 Å². The van der Waals surface area contributed by atoms with Crippen molar-refractivity contribution in [3.05, 3.63) is 35.5 Å². The van der Waals surface area contributed by atoms with Gasteiger partial charge < -0.3 is 10.8 Å². The molecular formula is C18H21N3O. The van der Waals surface area contributed by atoms with Crippen LogP contribution in [0, 0.1) is 5.41 Å². The number of nitrogens with zero attached hydrogens (tertiary/aromatic N) is 2. The highest BCUT2D eigenvalue weighted by Gasteiger charge is 2.61. The maximum atomic E-state index is 9.52. The number of fused-ring (bicyclic) bond motifs is 5. The summed E-state index contributed by atoms with van der Waals surface area (Å²) < 4.78 is 0. The lowest BCUT2D eigenvalue weighted by Crippen LogP contribution is -2.32. The van der Waals surface area contributed by atoms with E-state index in [-0.39, 0.29) is 16.6 Å². The molecule has 4 nitrogen and oxygen atoms in total. The van der Waals surface area contributed by atoms with E-state index in [1.54, 1.807) is 12.1 Å². The summed E-state index contributed by atoms with van der Waals surface area (Å²) in [6.07, 6.45) is 2.33. The predicted octanol–water partition coefficient (Wildman–Crippen LogP) is 3.61. The number of phenolic OH excluding ortho intramolecular Hbond substituents is 1. The number of rotatable bonds is 1. The van der Waals surface area contributed by atoms with Crippen LogP contribution in [-0.2, 0) is 5.41 Å². The SMILES string of the molecule is CC12CCC(c3c(-c4ccc(O)cc4)nc(N)nc31)C2(C)C. The number of phenols is 1. The third-order valence-electron chi connectivity index (χ3n) is 6.20. The molecule has 4 rings (SSSR count). The molecule has 1 aromatic heterocycles. The number of hydrogen-bond acceptors (Lipinski definition) is 4. The van der Waals surface area contributed by atoms with Gasteiger partial charge in [-0.05, 0) is 48.4 Å². The first-order valence-electron chi connectivity index (χ1n) is 7.82. The molecule has 0 spiro atoms. The van der Waals surface area contributed by atoms with E-state index in [1.165, 1.54) is 12.0 Å². The van der Waals surface area contributed by atoms with Crippen molar-refractivity contribution in [2.75, 3.05) is 5.73 Å². The molecule has 2 aliphatic rings. The topological polar surface area (TPSA) is 72.0 Å². The second-order valence-corrected chi connectivity index (χ2v) is 7.38. The molecule has 22 heavy (non-hydrogen) atoms. The summed E-state index contributed by atoms with van der Waals surface area (Å²) >= 11 is 0. The van der Waals surface area contributed by atoms with Crippen molar-refractivity contribution in [1.82, 2.24) is 9.97 Å². The minimum atomic E-state index is 0.0652. The molecule has 0 aliphatic heterocycles. The first kappa shape index (κ1) is 13.6. The van der Waals surface area contributed by atoms with E-state index in [0.29, 0.717) is 11.9 Å². The Balaban J connectivity index is 2.00. The predicted molar refractivity (Wildman–Crippen MR) is 86.7 cm³/mol. The van der Waals surface area contributed by atoms with E-state index in [4.69, 9.17) is 5.73 Å². The van der Waals surface area contributed by atoms with E-state index in [2.05, 4.69) is 30.7 Å². The average Bonchev–Trinajstić information content (AvgIpc) is 2.79. The van der Waals surface area contributed by atoms with Gasteiger partial charge in [-0.3, -0.25) is 0 Å². The van der Waals surface area contributed by atoms with Crippen molar-refractivity contribution >= 4 is 5.95 Å². The van der Waals surface area contributed by atoms with Crippen molar-refractivity contribution in [1.29, 1.82) is 0 Å². The van der Waals surface area contributed by atoms with E-state index >= 15 is 0 Å². The molecule has 1 heterocycles. The Labute approximate surface area is 130 Å². The van der Waals surface area contributed by atoms with Crippen LogP contribution in [0.2, 0.25) is 0 Å². The highest BCUT2D eigenvalue weighted by molar-refractivity contribution is 5.70. The number of nitrogens with two attached hydrogens (primary N) is 1. The monoisotopic (exact) mass is 295 g/mol. The van der Waals surface area contributed by atoms with Crippen molar-refractivity contribution in [2.24, 2.45) is 5.41 Å². The van der Waals surface area contributed by atoms with Gasteiger partial charge in [0.2, 0.25) is 5.95 Å². The molecule has 2 aromatic rings. The zero-order valence-corrected chi connectivity index (χ0v) is 13.2. The van der Waals surface area contributed by atoms with Crippen molar-refractivity contribution in [3.63, 3.8) is 0 Å². The van der Waals surface area contributed by atoms with Crippen molar-refractivity contribution in [2.45, 2.75) is 44.9 Å². The number of hydrogen-bond donors (Lipinski definition) is 2. The lowest BCUT2D eigenvalue weighted by atomic mass is 9.70. The van der Waals surface area contributed by atoms with Gasteiger partial charge in [-0.15, -0.1) is 0 Å². The van der Waals surface area contributed by atoms with Crippen LogP contribution in [0.1, 0.15) is 50.8 Å². The van der Waals surface area contributed by atoms with Gasteiger partial charge >= 0.3 is 0 Å². The summed E-state index contributed by atoms with van der Waals surface area (Å²) in [7, 11) is 0. The first-order valence-corrected chi connectivity index (χ1v) is 7.82. The molecule has 1 fully saturated rings. The van der Waals surface area contributed by atoms with Crippen LogP contribution in [0.25, 0.3) is 11.3 Å². The molecular weight excluding hydrogens is 274 g/mol. The fraction of sp³-hybridized carbons (Fsp3) is 0.444. The Morgan fingerprint density at radius 2 is 1.82 bits per heavy atom. The second kappa shape index (κ2) is 4.00. The number of aromatic hydroxyl groups is 1. The Morgan fingerprint density at radius 3 is 2.50 bits per heavy atom. The highest BCUT2D eigenvalue weighted by atomic mass is 16.3. The van der Waals surface area contributed by atoms with Gasteiger partial charge in [0.05, 0.1) is 11.4 Å². The van der Waals surface area contributed by atoms with Crippen molar-refractivity contribution in [3.8, 4) is 17.0 Å². The van der Waals surface area contributed by atoms with Gasteiger partial charge in [0, 0.05) is 16.5 Å². The number of benzene rings is 1. The molecule has 2 atom stereocenters. The summed E-state index contributed by atoms with van der Waals surface area (Å²) in [6.45, 7) is 6.98. The van der Waals surface area contributed by atoms with Crippen LogP contribution < -0.4 is 5.73 Å². The van der Waals surface area contributed by atoms with Gasteiger partial charge in [-0.1, -0.05) is 20.8 Å². The Hall–Kier alpha value is -2.10. The van der Waals surface area contributed by atoms with Crippen LogP contribution in [0.3, 0.4) is 0 Å². The summed E-state index contributed by atoms with van der Waals surface area (Å²) in [5.41, 5.74) is 10.6. The van der Waals surface area contributed by atoms with E-state index in [0.717, 1.165) is 23.4 Å². The van der Waals surface area contributed by atoms with E-state index in [9.17, 15) is 5.11 Å². The summed E-state index contributed by atoms with van der Waals surface area (Å²) in [5, 5.41) is 9.52. The van der Waals surface area contributed by atoms with Crippen LogP contribution in [0.15, 0.2) is 24.3 Å². The van der Waals surface area contributed by atoms with Gasteiger partial charge in [0.15, 0.2) is 0 Å². The van der Waals surface area contributed by atoms with Gasteiger partial charge in [-0.2, -0.15) is 0 Å². The standard InChI is InChI=1S/C18H21N3O/c1-17(2)12-8-9-18(17,3)15-13(12)14(20-16(19)21-15)10-4-6-11(22)7-5-10/h4-7,12,22H,8-9H2,1-3H3,(H2,19,20,21). The molecule has 2 unspecified atom stereocenters. The lowest BCUT2D eigenvalue weighted by molar-refractivity contribution is 0.227. The summed E-state index contributed by atoms with van der Waals surface area (Å²) in [5.74, 6) is 1.07. The van der Waals surface area contributed by atoms with Gasteiger partial charge in [-0.25, -0.2) is 9.97 Å². The maximum absolute atomic E-state index is 9.52. The average molecular weight is 295 g/mol. The smallest absolute Gasteiger partial charge is 0.220 e. The fourth-order valence-corrected chi connectivity index (χ4v) is 4.51. The quantitative estimate of drug-likeness (QED) is 0.843. The van der Waals surface area contributed by atoms with Crippen LogP contribution in [-0.4, -0.2) is 15.1 Å². The van der Waals surface area contributed by atoms with Crippen LogP contribution in [0.5, 0.6) is 5.75 Å². The summed E-state index contributed by atoms with van der Waals surface area (Å²) in [6, 6.07) is 7.19. The molecule has 1 saturated carbocycles. The molecule has 0 amide bonds. The first-order chi connectivity index (χ1) is 10.3. The van der Waals surface area contributed by atoms with Crippen LogP contribution in [0.4, 0.5) is 5.95 Å². The number of nitrogen functional groups attached to an aromatic ring is 1. The zero-order chi connectivity index (χ0) is 15.7. The minimum Gasteiger partial charge on any atom is -0.508 e. The largest absolute Gasteiger partial charge is 0.508 e. The third-order valence-corrected chi connectivity index (χ3v) is 6.20. The molecule has 0 saturated heterocycles. The minimum absolute atomic E-state index is 0.0652. The molecule has 4 heteroatoms. The van der Waals surface area contributed by atoms with E-state index < -0.39 is 0 Å². The highest BCUT2D eigenvalue weighted by Crippen LogP contribution is 2.68. The number of anilines is 1. The number of aromatic nitrogens is 2. The Bertz CT molecular complexity index is 767. The Morgan fingerprint density at radius 1 is 1.14 bits per heavy atom. The maximum Gasteiger partial charge on any atom is 0.220 e. The molecule has 114 valence electrons. The van der Waals surface area contributed by atoms with Crippen molar-refractivity contribution < 1.29 is 5.11 Å². The second-order valence-electron chi connectivity index (χ2n) is 7.38. The molecule has 2 bridgehead atoms. The van der Waals surface area contributed by atoms with Crippen LogP contribution >= 0.6 is 0 Å². The van der Waals surface area contributed by atoms with Gasteiger partial charge in [0.1, 0.15) is 5.75 Å². The normalized spacial score (nSPS) is 27.9. The molecule has 0 radical (unpaired) electrons. The third kappa shape index (κ3) is 1.47. The zero-order valence-electron chi connectivity index (χ0n) is 13.2. The molecule has 2 aliphatic carbocycles. The Kier molecular flexibility index (Phi) is 2.47. The molecule has 1 aromatic carbocycles. The lowest BCUT2D eigenvalue weighted by Gasteiger charge is -2.34. The summed E-state index contributed by atoms with van der Waals surface area (Å²) in [4.78, 5) is 9.17. The fourth-order valence-electron chi connectivity index (χ4n) is 4.51.